The highest BCUT2D eigenvalue weighted by Gasteiger charge is 2.58. The van der Waals surface area contributed by atoms with Crippen molar-refractivity contribution in [3.63, 3.8) is 0 Å². The SMILES string of the molecule is [2H]C([2H])(OC(C)=O)[C@H]1O[C@@H](O[C@@H]2[C@H](OC(C)=O)[C@@H](OC(C)=O)[C@@H](OC(C)=O)O[C@@H]2C([2H])([2H])OC(C)=O)[C@H](OC(C)=O)[C@@H](OC(C)=O)[C@H]1OC(C)=O. The van der Waals surface area contributed by atoms with Crippen LogP contribution in [0.15, 0.2) is 0 Å². The van der Waals surface area contributed by atoms with E-state index in [-0.39, 0.29) is 0 Å². The second-order valence-corrected chi connectivity index (χ2v) is 9.85. The van der Waals surface area contributed by atoms with Crippen LogP contribution in [-0.2, 0) is 90.5 Å². The van der Waals surface area contributed by atoms with Gasteiger partial charge in [-0.15, -0.1) is 0 Å². The van der Waals surface area contributed by atoms with E-state index in [4.69, 9.17) is 57.6 Å². The highest BCUT2D eigenvalue weighted by Crippen LogP contribution is 2.35. The summed E-state index contributed by atoms with van der Waals surface area (Å²) in [7, 11) is 0. The van der Waals surface area contributed by atoms with Crippen molar-refractivity contribution in [2.45, 2.75) is 117 Å². The van der Waals surface area contributed by atoms with Gasteiger partial charge in [0.1, 0.15) is 31.4 Å². The Labute approximate surface area is 274 Å². The number of ether oxygens (including phenoxy) is 11. The van der Waals surface area contributed by atoms with E-state index in [1.807, 2.05) is 0 Å². The average Bonchev–Trinajstić information content (AvgIpc) is 2.91. The van der Waals surface area contributed by atoms with Crippen LogP contribution in [0, 0.1) is 0 Å². The first kappa shape index (κ1) is 32.6. The topological polar surface area (TPSA) is 238 Å². The van der Waals surface area contributed by atoms with Gasteiger partial charge in [0.15, 0.2) is 30.7 Å². The summed E-state index contributed by atoms with van der Waals surface area (Å²) in [4.78, 5) is 97.3. The molecule has 19 heteroatoms. The first-order valence-electron chi connectivity index (χ1n) is 15.7. The van der Waals surface area contributed by atoms with E-state index >= 15 is 0 Å². The normalized spacial score (nSPS) is 31.9. The fraction of sp³-hybridized carbons (Fsp3) is 0.714. The number of carbonyl (C=O) groups excluding carboxylic acids is 8. The van der Waals surface area contributed by atoms with E-state index < -0.39 is 122 Å². The zero-order valence-corrected chi connectivity index (χ0v) is 26.5. The average molecular weight is 683 g/mol. The van der Waals surface area contributed by atoms with Gasteiger partial charge in [-0.05, 0) is 0 Å². The van der Waals surface area contributed by atoms with Gasteiger partial charge in [0.2, 0.25) is 12.4 Å². The Balaban J connectivity index is 2.94. The molecule has 0 aromatic rings. The molecule has 0 saturated carbocycles. The van der Waals surface area contributed by atoms with Gasteiger partial charge in [-0.3, -0.25) is 38.4 Å². The maximum absolute atomic E-state index is 12.4. The third-order valence-corrected chi connectivity index (χ3v) is 5.71. The first-order valence-corrected chi connectivity index (χ1v) is 13.7. The van der Waals surface area contributed by atoms with Crippen LogP contribution in [0.25, 0.3) is 0 Å². The molecule has 2 fully saturated rings. The number of hydrogen-bond donors (Lipinski definition) is 0. The van der Waals surface area contributed by atoms with E-state index in [0.717, 1.165) is 55.4 Å². The molecule has 0 aliphatic carbocycles. The minimum Gasteiger partial charge on any atom is -0.463 e. The lowest BCUT2D eigenvalue weighted by Crippen LogP contribution is -2.67. The van der Waals surface area contributed by atoms with E-state index in [9.17, 15) is 38.4 Å². The second-order valence-electron chi connectivity index (χ2n) is 9.85. The standard InChI is InChI=1S/C28H38O19/c1-11(29)37-9-19-21(39-13(3)31)23(40-14(4)32)26(43-17(7)35)28(46-19)47-22-20(10-38-12(2)30)45-27(44-18(8)36)25(42-16(6)34)24(22)41-15(5)33/h19-28H,9-10H2,1-8H3/t19-,20-,21+,22+,23+,24+,25-,26-,27+,28+/m1/s1/i9D2,10D2. The van der Waals surface area contributed by atoms with Crippen molar-refractivity contribution in [2.75, 3.05) is 13.1 Å². The molecule has 19 nitrogen and oxygen atoms in total. The van der Waals surface area contributed by atoms with E-state index in [1.54, 1.807) is 0 Å². The molecule has 2 aliphatic heterocycles. The van der Waals surface area contributed by atoms with Gasteiger partial charge in [-0.2, -0.15) is 0 Å². The fourth-order valence-electron chi connectivity index (χ4n) is 4.37. The highest BCUT2D eigenvalue weighted by atomic mass is 16.8. The summed E-state index contributed by atoms with van der Waals surface area (Å²) in [6, 6.07) is 0. The molecule has 0 aromatic carbocycles. The van der Waals surface area contributed by atoms with Crippen LogP contribution in [0.1, 0.15) is 60.9 Å². The van der Waals surface area contributed by atoms with Crippen molar-refractivity contribution >= 4 is 47.8 Å². The molecule has 0 bridgehead atoms. The van der Waals surface area contributed by atoms with Crippen LogP contribution in [-0.4, -0.2) is 122 Å². The molecule has 10 atom stereocenters. The highest BCUT2D eigenvalue weighted by molar-refractivity contribution is 5.70. The third-order valence-electron chi connectivity index (χ3n) is 5.71. The first-order chi connectivity index (χ1) is 23.4. The van der Waals surface area contributed by atoms with Gasteiger partial charge >= 0.3 is 47.8 Å². The summed E-state index contributed by atoms with van der Waals surface area (Å²) in [5, 5.41) is 0. The number of rotatable bonds is 12. The van der Waals surface area contributed by atoms with Crippen LogP contribution in [0.5, 0.6) is 0 Å². The Morgan fingerprint density at radius 3 is 1.15 bits per heavy atom. The van der Waals surface area contributed by atoms with Crippen LogP contribution in [0.4, 0.5) is 0 Å². The number of carbonyl (C=O) groups is 8. The monoisotopic (exact) mass is 682 g/mol. The molecule has 47 heavy (non-hydrogen) atoms. The molecule has 0 N–H and O–H groups in total. The van der Waals surface area contributed by atoms with Crippen molar-refractivity contribution in [1.29, 1.82) is 0 Å². The lowest BCUT2D eigenvalue weighted by molar-refractivity contribution is -0.357. The Morgan fingerprint density at radius 2 is 0.745 bits per heavy atom. The van der Waals surface area contributed by atoms with Crippen molar-refractivity contribution in [3.8, 4) is 0 Å². The predicted molar refractivity (Wildman–Crippen MR) is 145 cm³/mol. The Morgan fingerprint density at radius 1 is 0.426 bits per heavy atom. The van der Waals surface area contributed by atoms with Crippen LogP contribution in [0.2, 0.25) is 0 Å². The number of hydrogen-bond acceptors (Lipinski definition) is 19. The van der Waals surface area contributed by atoms with E-state index in [1.165, 1.54) is 0 Å². The molecule has 0 spiro atoms. The van der Waals surface area contributed by atoms with Crippen molar-refractivity contribution in [3.05, 3.63) is 0 Å². The summed E-state index contributed by atoms with van der Waals surface area (Å²) >= 11 is 0. The molecule has 0 unspecified atom stereocenters. The molecule has 2 heterocycles. The van der Waals surface area contributed by atoms with Crippen LogP contribution in [0.3, 0.4) is 0 Å². The molecule has 0 radical (unpaired) electrons. The maximum Gasteiger partial charge on any atom is 0.305 e. The summed E-state index contributed by atoms with van der Waals surface area (Å²) in [6.07, 6.45) is -21.3. The van der Waals surface area contributed by atoms with E-state index in [0.29, 0.717) is 0 Å². The van der Waals surface area contributed by atoms with Gasteiger partial charge < -0.3 is 52.1 Å². The molecule has 2 rings (SSSR count). The van der Waals surface area contributed by atoms with Gasteiger partial charge in [0.25, 0.3) is 0 Å². The molecular formula is C28H38O19. The van der Waals surface area contributed by atoms with Gasteiger partial charge in [-0.25, -0.2) is 0 Å². The zero-order valence-electron chi connectivity index (χ0n) is 30.5. The largest absolute Gasteiger partial charge is 0.463 e. The molecule has 0 amide bonds. The van der Waals surface area contributed by atoms with Crippen molar-refractivity contribution < 1.29 is 95.9 Å². The van der Waals surface area contributed by atoms with Gasteiger partial charge in [-0.1, -0.05) is 0 Å². The quantitative estimate of drug-likeness (QED) is 0.180. The lowest BCUT2D eigenvalue weighted by Gasteiger charge is -2.48. The second kappa shape index (κ2) is 17.5. The Bertz CT molecular complexity index is 1370. The summed E-state index contributed by atoms with van der Waals surface area (Å²) < 4.78 is 92.3. The Hall–Kier alpha value is -4.36. The molecular weight excluding hydrogens is 640 g/mol. The molecule has 2 aliphatic rings. The zero-order chi connectivity index (χ0) is 39.2. The maximum atomic E-state index is 12.4. The van der Waals surface area contributed by atoms with Crippen molar-refractivity contribution in [1.82, 2.24) is 0 Å². The predicted octanol–water partition coefficient (Wildman–Crippen LogP) is -0.831. The summed E-state index contributed by atoms with van der Waals surface area (Å²) in [5.41, 5.74) is 0. The van der Waals surface area contributed by atoms with Crippen LogP contribution < -0.4 is 0 Å². The lowest BCUT2D eigenvalue weighted by atomic mass is 9.96. The summed E-state index contributed by atoms with van der Waals surface area (Å²) in [5.74, 6) is -9.02. The van der Waals surface area contributed by atoms with E-state index in [2.05, 4.69) is 0 Å². The van der Waals surface area contributed by atoms with Gasteiger partial charge in [0.05, 0.1) is 5.48 Å². The molecule has 0 aromatic heterocycles. The van der Waals surface area contributed by atoms with Gasteiger partial charge in [0, 0.05) is 55.4 Å². The van der Waals surface area contributed by atoms with Crippen LogP contribution >= 0.6 is 0 Å². The minimum absolute atomic E-state index is 0.812. The molecule has 2 saturated heterocycles. The Kier molecular flexibility index (Phi) is 12.1. The smallest absolute Gasteiger partial charge is 0.305 e. The third kappa shape index (κ3) is 12.1. The molecule has 264 valence electrons. The van der Waals surface area contributed by atoms with Crippen molar-refractivity contribution in [2.24, 2.45) is 0 Å². The fourth-order valence-corrected chi connectivity index (χ4v) is 4.37. The summed E-state index contributed by atoms with van der Waals surface area (Å²) in [6.45, 7) is 0.400. The number of esters is 8. The minimum atomic E-state index is -3.29.